The number of nitriles is 1. The Hall–Kier alpha value is -0.550. The van der Waals surface area contributed by atoms with Gasteiger partial charge in [0.2, 0.25) is 0 Å². The molecule has 0 spiro atoms. The molecule has 0 aliphatic carbocycles. The maximum Gasteiger partial charge on any atom is 0.0815 e. The molecule has 11 heavy (non-hydrogen) atoms. The van der Waals surface area contributed by atoms with Crippen molar-refractivity contribution in [2.75, 3.05) is 6.54 Å². The van der Waals surface area contributed by atoms with E-state index in [0.29, 0.717) is 0 Å². The zero-order valence-electron chi connectivity index (χ0n) is 8.35. The second-order valence-corrected chi connectivity index (χ2v) is 1.72. The van der Waals surface area contributed by atoms with Gasteiger partial charge in [-0.15, -0.1) is 0 Å². The lowest BCUT2D eigenvalue weighted by Crippen LogP contribution is -1.91. The van der Waals surface area contributed by atoms with Gasteiger partial charge >= 0.3 is 0 Å². The molecule has 68 valence electrons. The molecule has 0 aromatic carbocycles. The van der Waals surface area contributed by atoms with Crippen LogP contribution in [0.5, 0.6) is 0 Å². The Morgan fingerprint density at radius 2 is 1.45 bits per heavy atom. The van der Waals surface area contributed by atoms with Crippen LogP contribution in [0.3, 0.4) is 0 Å². The summed E-state index contributed by atoms with van der Waals surface area (Å²) >= 11 is 0. The molecule has 0 unspecified atom stereocenters. The summed E-state index contributed by atoms with van der Waals surface area (Å²) < 4.78 is 0. The van der Waals surface area contributed by atoms with Gasteiger partial charge < -0.3 is 5.73 Å². The monoisotopic (exact) mass is 158 g/mol. The van der Waals surface area contributed by atoms with Crippen LogP contribution in [0.15, 0.2) is 0 Å². The van der Waals surface area contributed by atoms with E-state index in [2.05, 4.69) is 19.6 Å². The van der Waals surface area contributed by atoms with Crippen LogP contribution in [0.25, 0.3) is 0 Å². The molecule has 2 N–H and O–H groups in total. The van der Waals surface area contributed by atoms with E-state index < -0.39 is 0 Å². The first-order valence-electron chi connectivity index (χ1n) is 4.40. The highest BCUT2D eigenvalue weighted by Crippen LogP contribution is 1.88. The van der Waals surface area contributed by atoms with Crippen molar-refractivity contribution in [2.45, 2.75) is 47.0 Å². The van der Waals surface area contributed by atoms with Gasteiger partial charge in [0.1, 0.15) is 0 Å². The minimum Gasteiger partial charge on any atom is -0.318 e. The number of hydrogen-bond acceptors (Lipinski definition) is 2. The SMILES string of the molecule is CC.CCCCC.N#CCN. The fourth-order valence-electron chi connectivity index (χ4n) is 0.354. The van der Waals surface area contributed by atoms with Crippen molar-refractivity contribution in [3.8, 4) is 6.07 Å². The van der Waals surface area contributed by atoms with Crippen LogP contribution < -0.4 is 5.73 Å². The van der Waals surface area contributed by atoms with Crippen molar-refractivity contribution in [2.24, 2.45) is 5.73 Å². The highest BCUT2D eigenvalue weighted by atomic mass is 14.5. The maximum atomic E-state index is 7.50. The van der Waals surface area contributed by atoms with Gasteiger partial charge in [0, 0.05) is 0 Å². The highest BCUT2D eigenvalue weighted by Gasteiger charge is 1.68. The summed E-state index contributed by atoms with van der Waals surface area (Å²) in [7, 11) is 0. The number of hydrogen-bond donors (Lipinski definition) is 1. The van der Waals surface area contributed by atoms with E-state index in [1.54, 1.807) is 6.07 Å². The molecule has 0 saturated heterocycles. The topological polar surface area (TPSA) is 49.8 Å². The van der Waals surface area contributed by atoms with E-state index in [-0.39, 0.29) is 6.54 Å². The van der Waals surface area contributed by atoms with E-state index in [4.69, 9.17) is 5.26 Å². The third kappa shape index (κ3) is 87.4. The molecule has 2 heteroatoms. The van der Waals surface area contributed by atoms with Gasteiger partial charge in [-0.25, -0.2) is 0 Å². The van der Waals surface area contributed by atoms with E-state index in [1.807, 2.05) is 13.8 Å². The van der Waals surface area contributed by atoms with E-state index >= 15 is 0 Å². The largest absolute Gasteiger partial charge is 0.318 e. The van der Waals surface area contributed by atoms with E-state index in [9.17, 15) is 0 Å². The van der Waals surface area contributed by atoms with Crippen molar-refractivity contribution in [1.29, 1.82) is 5.26 Å². The number of nitrogens with zero attached hydrogens (tertiary/aromatic N) is 1. The lowest BCUT2D eigenvalue weighted by Gasteiger charge is -1.79. The average molecular weight is 158 g/mol. The third-order valence-corrected chi connectivity index (χ3v) is 0.798. The second kappa shape index (κ2) is 34.1. The van der Waals surface area contributed by atoms with Gasteiger partial charge in [0.15, 0.2) is 0 Å². The maximum absolute atomic E-state index is 7.50. The zero-order chi connectivity index (χ0) is 9.54. The van der Waals surface area contributed by atoms with Crippen molar-refractivity contribution in [3.05, 3.63) is 0 Å². The molecule has 0 aromatic rings. The van der Waals surface area contributed by atoms with Gasteiger partial charge in [0.05, 0.1) is 12.6 Å². The summed E-state index contributed by atoms with van der Waals surface area (Å²) in [5, 5.41) is 7.50. The standard InChI is InChI=1S/C5H12.C2H4N2.C2H6/c1-3-5-4-2;3-1-2-4;1-2/h3-5H2,1-2H3;1,3H2;1-2H3. The Balaban J connectivity index is -0.0000000965. The molecular formula is C9H22N2. The lowest BCUT2D eigenvalue weighted by atomic mass is 10.3. The lowest BCUT2D eigenvalue weighted by molar-refractivity contribution is 0.772. The Labute approximate surface area is 71.4 Å². The molecule has 0 heterocycles. The summed E-state index contributed by atoms with van der Waals surface area (Å²) in [6, 6.07) is 1.71. The molecule has 0 fully saturated rings. The first kappa shape index (κ1) is 16.8. The first-order valence-corrected chi connectivity index (χ1v) is 4.40. The Morgan fingerprint density at radius 3 is 1.45 bits per heavy atom. The van der Waals surface area contributed by atoms with Crippen molar-refractivity contribution in [1.82, 2.24) is 0 Å². The van der Waals surface area contributed by atoms with Crippen LogP contribution in [0.2, 0.25) is 0 Å². The molecule has 2 nitrogen and oxygen atoms in total. The summed E-state index contributed by atoms with van der Waals surface area (Å²) in [5.41, 5.74) is 4.67. The Bertz CT molecular complexity index is 62.5. The van der Waals surface area contributed by atoms with Gasteiger partial charge in [0.25, 0.3) is 0 Å². The van der Waals surface area contributed by atoms with Crippen LogP contribution in [-0.2, 0) is 0 Å². The molecule has 0 rings (SSSR count). The molecular weight excluding hydrogens is 136 g/mol. The number of nitrogens with two attached hydrogens (primary N) is 1. The van der Waals surface area contributed by atoms with Gasteiger partial charge in [-0.3, -0.25) is 0 Å². The van der Waals surface area contributed by atoms with E-state index in [0.717, 1.165) is 0 Å². The zero-order valence-corrected chi connectivity index (χ0v) is 8.35. The highest BCUT2D eigenvalue weighted by molar-refractivity contribution is 4.67. The van der Waals surface area contributed by atoms with Crippen LogP contribution >= 0.6 is 0 Å². The molecule has 0 radical (unpaired) electrons. The third-order valence-electron chi connectivity index (χ3n) is 0.798. The number of unbranched alkanes of at least 4 members (excludes halogenated alkanes) is 2. The van der Waals surface area contributed by atoms with Crippen LogP contribution in [0.1, 0.15) is 47.0 Å². The molecule has 0 aromatic heterocycles. The minimum atomic E-state index is 0.125. The summed E-state index contributed by atoms with van der Waals surface area (Å²) in [6.07, 6.45) is 4.08. The minimum absolute atomic E-state index is 0.125. The van der Waals surface area contributed by atoms with Crippen molar-refractivity contribution in [3.63, 3.8) is 0 Å². The van der Waals surface area contributed by atoms with Crippen LogP contribution in [0, 0.1) is 11.3 Å². The predicted molar refractivity (Wildman–Crippen MR) is 51.2 cm³/mol. The normalized spacial score (nSPS) is 6.18. The molecule has 0 amide bonds. The van der Waals surface area contributed by atoms with Gasteiger partial charge in [-0.05, 0) is 0 Å². The average Bonchev–Trinajstić information content (AvgIpc) is 2.10. The Kier molecular flexibility index (Phi) is 52.1. The second-order valence-electron chi connectivity index (χ2n) is 1.72. The molecule has 0 saturated carbocycles. The Morgan fingerprint density at radius 1 is 1.18 bits per heavy atom. The first-order chi connectivity index (χ1) is 5.33. The van der Waals surface area contributed by atoms with Gasteiger partial charge in [-0.2, -0.15) is 5.26 Å². The fraction of sp³-hybridized carbons (Fsp3) is 0.889. The van der Waals surface area contributed by atoms with Crippen molar-refractivity contribution < 1.29 is 0 Å². The number of rotatable bonds is 2. The predicted octanol–water partition coefficient (Wildman–Crippen LogP) is 2.69. The molecule has 0 bridgehead atoms. The molecule has 0 aliphatic rings. The van der Waals surface area contributed by atoms with Crippen LogP contribution in [0.4, 0.5) is 0 Å². The van der Waals surface area contributed by atoms with Crippen LogP contribution in [-0.4, -0.2) is 6.54 Å². The summed E-state index contributed by atoms with van der Waals surface area (Å²) in [6.45, 7) is 8.55. The van der Waals surface area contributed by atoms with Crippen molar-refractivity contribution >= 4 is 0 Å². The van der Waals surface area contributed by atoms with Gasteiger partial charge in [-0.1, -0.05) is 47.0 Å². The molecule has 0 aliphatic heterocycles. The fourth-order valence-corrected chi connectivity index (χ4v) is 0.354. The summed E-state index contributed by atoms with van der Waals surface area (Å²) in [5.74, 6) is 0. The quantitative estimate of drug-likeness (QED) is 0.628. The smallest absolute Gasteiger partial charge is 0.0815 e. The summed E-state index contributed by atoms with van der Waals surface area (Å²) in [4.78, 5) is 0. The van der Waals surface area contributed by atoms with E-state index in [1.165, 1.54) is 19.3 Å². The molecule has 0 atom stereocenters.